The van der Waals surface area contributed by atoms with Gasteiger partial charge in [-0.3, -0.25) is 14.8 Å². The number of ether oxygens (including phenoxy) is 2. The summed E-state index contributed by atoms with van der Waals surface area (Å²) in [4.78, 5) is 15.1. The van der Waals surface area contributed by atoms with E-state index in [4.69, 9.17) is 21.6 Å². The minimum atomic E-state index is -3.07. The predicted molar refractivity (Wildman–Crippen MR) is 167 cm³/mol. The molecule has 0 saturated carbocycles. The van der Waals surface area contributed by atoms with Gasteiger partial charge < -0.3 is 30.5 Å². The Morgan fingerprint density at radius 1 is 1.21 bits per heavy atom. The zero-order valence-corrected chi connectivity index (χ0v) is 25.8. The molecule has 3 aliphatic rings. The monoisotopic (exact) mass is 668 g/mol. The van der Waals surface area contributed by atoms with Crippen LogP contribution in [0.4, 0.5) is 29.1 Å². The van der Waals surface area contributed by atoms with Crippen LogP contribution in [0.3, 0.4) is 0 Å². The average molecular weight is 669 g/mol. The highest BCUT2D eigenvalue weighted by atomic mass is 19.2. The summed E-state index contributed by atoms with van der Waals surface area (Å²) in [6.07, 6.45) is 5.85. The van der Waals surface area contributed by atoms with Crippen molar-refractivity contribution in [1.82, 2.24) is 19.9 Å². The quantitative estimate of drug-likeness (QED) is 0.0815. The second kappa shape index (κ2) is 11.4. The number of hydrogen-bond donors (Lipinski definition) is 4. The third kappa shape index (κ3) is 4.89. The highest BCUT2D eigenvalue weighted by Crippen LogP contribution is 2.47. The van der Waals surface area contributed by atoms with Gasteiger partial charge in [-0.2, -0.15) is 14.4 Å². The molecule has 5 heterocycles. The molecule has 11 nitrogen and oxygen atoms in total. The second-order valence-corrected chi connectivity index (χ2v) is 12.6. The van der Waals surface area contributed by atoms with Crippen LogP contribution in [0.15, 0.2) is 30.5 Å². The molecule has 3 aliphatic heterocycles. The number of nitrogens with zero attached hydrogens (tertiary/aromatic N) is 5. The Labute approximate surface area is 271 Å². The first-order chi connectivity index (χ1) is 22.8. The Morgan fingerprint density at radius 3 is 2.77 bits per heavy atom. The zero-order valence-electron chi connectivity index (χ0n) is 25.8. The number of fused-ring (bicyclic) bond motifs is 3. The summed E-state index contributed by atoms with van der Waals surface area (Å²) in [6.45, 7) is 1.27. The molecule has 4 aromatic rings. The summed E-state index contributed by atoms with van der Waals surface area (Å²) in [5.41, 5.74) is 3.73. The van der Waals surface area contributed by atoms with Gasteiger partial charge in [-0.1, -0.05) is 18.9 Å². The first-order valence-electron chi connectivity index (χ1n) is 15.4. The predicted octanol–water partition coefficient (Wildman–Crippen LogP) is 3.37. The highest BCUT2D eigenvalue weighted by Gasteiger charge is 2.63. The molecule has 4 atom stereocenters. The smallest absolute Gasteiger partial charge is 0.344 e. The van der Waals surface area contributed by atoms with E-state index in [9.17, 15) is 24.1 Å². The third-order valence-electron chi connectivity index (χ3n) is 9.66. The summed E-state index contributed by atoms with van der Waals surface area (Å²) in [7, 11) is 0. The molecular formula is C33H32F4N6O5. The number of halogens is 4. The molecule has 2 unspecified atom stereocenters. The first kappa shape index (κ1) is 32.2. The molecule has 0 aliphatic carbocycles. The van der Waals surface area contributed by atoms with Gasteiger partial charge >= 0.3 is 12.0 Å². The highest BCUT2D eigenvalue weighted by molar-refractivity contribution is 6.03. The molecule has 2 aromatic carbocycles. The number of aromatic nitrogens is 3. The SMILES string of the molecule is C#Cc1c(F)ccc2cc(N)cc(-c3ncc4c(N5CCOCC(C)[C@]5(O)F)nc(OC(O)(O)[C@@]56CCCN5CC(F)C6)nc4c3F)c12. The van der Waals surface area contributed by atoms with Crippen LogP contribution in [-0.2, 0) is 4.74 Å². The Bertz CT molecular complexity index is 1990. The van der Waals surface area contributed by atoms with E-state index < -0.39 is 58.6 Å². The van der Waals surface area contributed by atoms with Crippen LogP contribution in [0.5, 0.6) is 6.01 Å². The van der Waals surface area contributed by atoms with Crippen LogP contribution in [0.1, 0.15) is 31.7 Å². The van der Waals surface area contributed by atoms with Crippen molar-refractivity contribution in [2.45, 2.75) is 49.8 Å². The van der Waals surface area contributed by atoms with Crippen molar-refractivity contribution in [1.29, 1.82) is 0 Å². The Balaban J connectivity index is 1.46. The van der Waals surface area contributed by atoms with E-state index in [1.54, 1.807) is 4.90 Å². The number of alkyl halides is 2. The molecule has 0 bridgehead atoms. The average Bonchev–Trinajstić information content (AvgIpc) is 3.54. The van der Waals surface area contributed by atoms with E-state index in [0.29, 0.717) is 18.4 Å². The van der Waals surface area contributed by atoms with Crippen molar-refractivity contribution < 1.29 is 42.4 Å². The second-order valence-electron chi connectivity index (χ2n) is 12.6. The number of nitrogens with two attached hydrogens (primary N) is 1. The lowest BCUT2D eigenvalue weighted by Gasteiger charge is -2.41. The van der Waals surface area contributed by atoms with Crippen molar-refractivity contribution in [2.75, 3.05) is 43.5 Å². The number of terminal acetylenes is 1. The number of rotatable bonds is 5. The van der Waals surface area contributed by atoms with Crippen molar-refractivity contribution in [2.24, 2.45) is 5.92 Å². The van der Waals surface area contributed by atoms with Crippen molar-refractivity contribution in [3.8, 4) is 29.6 Å². The lowest BCUT2D eigenvalue weighted by atomic mass is 9.90. The maximum atomic E-state index is 16.8. The van der Waals surface area contributed by atoms with Crippen molar-refractivity contribution >= 4 is 33.2 Å². The molecule has 0 radical (unpaired) electrons. The van der Waals surface area contributed by atoms with Gasteiger partial charge in [0.1, 0.15) is 34.6 Å². The Hall–Kier alpha value is -4.33. The molecular weight excluding hydrogens is 636 g/mol. The summed E-state index contributed by atoms with van der Waals surface area (Å²) in [6, 6.07) is 4.69. The number of aliphatic hydroxyl groups is 3. The summed E-state index contributed by atoms with van der Waals surface area (Å²) in [5.74, 6) is -7.20. The fourth-order valence-electron chi connectivity index (χ4n) is 7.28. The van der Waals surface area contributed by atoms with Gasteiger partial charge in [0.05, 0.1) is 30.1 Å². The molecule has 2 aromatic heterocycles. The molecule has 0 amide bonds. The molecule has 7 rings (SSSR count). The van der Waals surface area contributed by atoms with Crippen LogP contribution in [0.2, 0.25) is 0 Å². The summed E-state index contributed by atoms with van der Waals surface area (Å²) in [5, 5.41) is 34.1. The van der Waals surface area contributed by atoms with Gasteiger partial charge in [-0.05, 0) is 43.0 Å². The van der Waals surface area contributed by atoms with E-state index in [1.807, 2.05) is 0 Å². The Morgan fingerprint density at radius 2 is 2.00 bits per heavy atom. The minimum absolute atomic E-state index is 0.0253. The van der Waals surface area contributed by atoms with E-state index in [2.05, 4.69) is 20.9 Å². The molecule has 3 fully saturated rings. The molecule has 48 heavy (non-hydrogen) atoms. The molecule has 252 valence electrons. The largest absolute Gasteiger partial charge is 0.404 e. The minimum Gasteiger partial charge on any atom is -0.404 e. The van der Waals surface area contributed by atoms with Crippen molar-refractivity contribution in [3.63, 3.8) is 0 Å². The fourth-order valence-corrected chi connectivity index (χ4v) is 7.28. The van der Waals surface area contributed by atoms with Crippen molar-refractivity contribution in [3.05, 3.63) is 47.7 Å². The third-order valence-corrected chi connectivity index (χ3v) is 9.66. The lowest BCUT2D eigenvalue weighted by molar-refractivity contribution is -0.349. The van der Waals surface area contributed by atoms with Crippen LogP contribution in [0, 0.1) is 29.9 Å². The van der Waals surface area contributed by atoms with Gasteiger partial charge in [0.2, 0.25) is 0 Å². The first-order valence-corrected chi connectivity index (χ1v) is 15.4. The molecule has 3 saturated heterocycles. The molecule has 15 heteroatoms. The zero-order chi connectivity index (χ0) is 34.2. The van der Waals surface area contributed by atoms with Crippen LogP contribution in [0.25, 0.3) is 32.9 Å². The fraction of sp³-hybridized carbons (Fsp3) is 0.424. The topological polar surface area (TPSA) is 150 Å². The van der Waals surface area contributed by atoms with E-state index in [0.717, 1.165) is 17.2 Å². The number of nitrogen functional groups attached to an aromatic ring is 1. The maximum absolute atomic E-state index is 16.8. The van der Waals surface area contributed by atoms with E-state index >= 15 is 8.78 Å². The van der Waals surface area contributed by atoms with E-state index in [-0.39, 0.29) is 72.4 Å². The number of pyridine rings is 1. The summed E-state index contributed by atoms with van der Waals surface area (Å²) >= 11 is 0. The molecule has 0 spiro atoms. The van der Waals surface area contributed by atoms with E-state index in [1.165, 1.54) is 25.1 Å². The van der Waals surface area contributed by atoms with Gasteiger partial charge in [-0.15, -0.1) is 6.42 Å². The standard InChI is InChI=1S/C33H32F4N6O5/c1-3-21-24(35)6-5-18-11-20(38)12-22(25(18)21)27-26(36)28-23(14-39-27)29(43-9-10-47-16-17(2)32(43,37)44)41-30(40-28)48-33(45,46)31-7-4-8-42(31)15-19(34)13-31/h1,5-6,11-12,14,17,19,44-46H,4,7-10,13,15-16,38H2,2H3/t17?,19?,31-,32-/m0/s1. The van der Waals surface area contributed by atoms with Gasteiger partial charge in [-0.25, -0.2) is 13.2 Å². The van der Waals surface area contributed by atoms with Crippen LogP contribution >= 0.6 is 0 Å². The van der Waals surface area contributed by atoms with Gasteiger partial charge in [0.15, 0.2) is 5.82 Å². The van der Waals surface area contributed by atoms with Gasteiger partial charge in [0.25, 0.3) is 5.98 Å². The van der Waals surface area contributed by atoms with Gasteiger partial charge in [0, 0.05) is 42.3 Å². The number of anilines is 2. The number of hydrogen-bond acceptors (Lipinski definition) is 11. The Kier molecular flexibility index (Phi) is 7.64. The molecule has 5 N–H and O–H groups in total. The summed E-state index contributed by atoms with van der Waals surface area (Å²) < 4.78 is 73.4. The van der Waals surface area contributed by atoms with Crippen LogP contribution < -0.4 is 15.4 Å². The number of benzene rings is 2. The lowest BCUT2D eigenvalue weighted by Crippen LogP contribution is -2.62. The van der Waals surface area contributed by atoms with Crippen LogP contribution in [-0.4, -0.2) is 91.7 Å². The normalized spacial score (nSPS) is 26.5. The maximum Gasteiger partial charge on any atom is 0.344 e.